The molecular weight excluding hydrogens is 507 g/mol. The molecule has 6 nitrogen and oxygen atoms in total. The van der Waals surface area contributed by atoms with E-state index in [4.69, 9.17) is 0 Å². The van der Waals surface area contributed by atoms with E-state index < -0.39 is 5.91 Å². The van der Waals surface area contributed by atoms with Crippen LogP contribution in [0.4, 0.5) is 0 Å². The fourth-order valence-corrected chi connectivity index (χ4v) is 3.09. The Morgan fingerprint density at radius 2 is 2.25 bits per heavy atom. The summed E-state index contributed by atoms with van der Waals surface area (Å²) in [5, 5.41) is 20.0. The van der Waals surface area contributed by atoms with Gasteiger partial charge in [-0.05, 0) is 50.7 Å². The fourth-order valence-electron chi connectivity index (χ4n) is 1.33. The Morgan fingerprint density at radius 3 is 2.90 bits per heavy atom. The van der Waals surface area contributed by atoms with Gasteiger partial charge in [0, 0.05) is 10.0 Å². The highest BCUT2D eigenvalue weighted by Crippen LogP contribution is 2.30. The summed E-state index contributed by atoms with van der Waals surface area (Å²) >= 11 is 8.51. The average Bonchev–Trinajstić information content (AvgIpc) is 2.81. The van der Waals surface area contributed by atoms with Gasteiger partial charge in [0.2, 0.25) is 0 Å². The molecule has 0 atom stereocenters. The van der Waals surface area contributed by atoms with Crippen LogP contribution in [0.2, 0.25) is 0 Å². The lowest BCUT2D eigenvalue weighted by atomic mass is 10.2. The van der Waals surface area contributed by atoms with Gasteiger partial charge in [0.25, 0.3) is 5.91 Å². The van der Waals surface area contributed by atoms with Crippen molar-refractivity contribution in [3.63, 3.8) is 0 Å². The normalized spacial score (nSPS) is 10.9. The molecule has 1 heterocycles. The molecule has 9 heteroatoms. The summed E-state index contributed by atoms with van der Waals surface area (Å²) in [7, 11) is 0. The Balaban J connectivity index is 2.11. The third kappa shape index (κ3) is 3.58. The minimum absolute atomic E-state index is 0.0438. The molecule has 0 unspecified atom stereocenters. The summed E-state index contributed by atoms with van der Waals surface area (Å²) in [6.07, 6.45) is 2.89. The first-order valence-corrected chi connectivity index (χ1v) is 7.86. The number of aromatic hydroxyl groups is 1. The second kappa shape index (κ2) is 6.68. The molecule has 0 fully saturated rings. The van der Waals surface area contributed by atoms with Crippen LogP contribution in [0.15, 0.2) is 32.4 Å². The van der Waals surface area contributed by atoms with Crippen LogP contribution < -0.4 is 5.43 Å². The van der Waals surface area contributed by atoms with Crippen molar-refractivity contribution in [1.29, 1.82) is 0 Å². The lowest BCUT2D eigenvalue weighted by molar-refractivity contribution is 0.0949. The molecule has 0 aliphatic heterocycles. The SMILES string of the molecule is O=C(N/N=C\c1cc(Br)cc(Br)c1O)c1[nH]ncc1I. The number of benzene rings is 1. The summed E-state index contributed by atoms with van der Waals surface area (Å²) in [5.74, 6) is -0.362. The molecule has 20 heavy (non-hydrogen) atoms. The van der Waals surface area contributed by atoms with E-state index in [1.807, 2.05) is 22.6 Å². The molecular formula is C11H7Br2IN4O2. The molecule has 0 spiro atoms. The third-order valence-corrected chi connectivity index (χ3v) is 4.13. The van der Waals surface area contributed by atoms with Crippen molar-refractivity contribution in [2.75, 3.05) is 0 Å². The predicted octanol–water partition coefficient (Wildman–Crippen LogP) is 3.01. The minimum atomic E-state index is -0.406. The van der Waals surface area contributed by atoms with E-state index in [2.05, 4.69) is 52.6 Å². The molecule has 0 saturated carbocycles. The van der Waals surface area contributed by atoms with Crippen LogP contribution in [0, 0.1) is 3.57 Å². The highest BCUT2D eigenvalue weighted by Gasteiger charge is 2.11. The van der Waals surface area contributed by atoms with Gasteiger partial charge in [0.15, 0.2) is 0 Å². The Bertz CT molecular complexity index is 687. The van der Waals surface area contributed by atoms with Crippen molar-refractivity contribution < 1.29 is 9.90 Å². The molecule has 3 N–H and O–H groups in total. The summed E-state index contributed by atoms with van der Waals surface area (Å²) < 4.78 is 2.00. The van der Waals surface area contributed by atoms with Crippen LogP contribution in [-0.4, -0.2) is 27.4 Å². The number of nitrogens with one attached hydrogen (secondary N) is 2. The number of hydrazone groups is 1. The van der Waals surface area contributed by atoms with E-state index in [1.54, 1.807) is 12.1 Å². The predicted molar refractivity (Wildman–Crippen MR) is 89.9 cm³/mol. The van der Waals surface area contributed by atoms with E-state index in [0.29, 0.717) is 19.3 Å². The first kappa shape index (κ1) is 15.4. The molecule has 0 radical (unpaired) electrons. The number of hydrogen-bond acceptors (Lipinski definition) is 4. The van der Waals surface area contributed by atoms with E-state index in [0.717, 1.165) is 4.47 Å². The van der Waals surface area contributed by atoms with Crippen LogP contribution in [0.25, 0.3) is 0 Å². The van der Waals surface area contributed by atoms with Gasteiger partial charge in [-0.15, -0.1) is 0 Å². The second-order valence-electron chi connectivity index (χ2n) is 3.62. The number of carbonyl (C=O) groups excluding carboxylic acids is 1. The topological polar surface area (TPSA) is 90.4 Å². The zero-order valence-electron chi connectivity index (χ0n) is 9.69. The minimum Gasteiger partial charge on any atom is -0.506 e. The number of hydrogen-bond donors (Lipinski definition) is 3. The molecule has 2 aromatic rings. The zero-order valence-corrected chi connectivity index (χ0v) is 15.0. The van der Waals surface area contributed by atoms with Gasteiger partial charge in [-0.1, -0.05) is 15.9 Å². The van der Waals surface area contributed by atoms with Gasteiger partial charge in [-0.2, -0.15) is 10.2 Å². The largest absolute Gasteiger partial charge is 0.506 e. The standard InChI is InChI=1S/C11H7Br2IN4O2/c12-6-1-5(10(19)7(13)2-6)3-15-18-11(20)9-8(14)4-16-17-9/h1-4,19H,(H,16,17)(H,18,20)/b15-3-. The fraction of sp³-hybridized carbons (Fsp3) is 0. The summed E-state index contributed by atoms with van der Waals surface area (Å²) in [5.41, 5.74) is 3.15. The van der Waals surface area contributed by atoms with Crippen molar-refractivity contribution in [2.45, 2.75) is 0 Å². The molecule has 0 aliphatic carbocycles. The number of phenolic OH excluding ortho intramolecular Hbond substituents is 1. The number of aromatic amines is 1. The molecule has 1 aromatic carbocycles. The van der Waals surface area contributed by atoms with Crippen LogP contribution in [0.1, 0.15) is 16.1 Å². The van der Waals surface area contributed by atoms with Crippen LogP contribution in [0.3, 0.4) is 0 Å². The van der Waals surface area contributed by atoms with Crippen molar-refractivity contribution >= 4 is 66.6 Å². The quantitative estimate of drug-likeness (QED) is 0.335. The van der Waals surface area contributed by atoms with E-state index in [9.17, 15) is 9.90 Å². The molecule has 1 amide bonds. The number of aromatic nitrogens is 2. The van der Waals surface area contributed by atoms with Crippen molar-refractivity contribution in [2.24, 2.45) is 5.10 Å². The van der Waals surface area contributed by atoms with Crippen LogP contribution >= 0.6 is 54.5 Å². The van der Waals surface area contributed by atoms with Crippen molar-refractivity contribution in [3.05, 3.63) is 42.1 Å². The highest BCUT2D eigenvalue weighted by atomic mass is 127. The number of phenols is 1. The van der Waals surface area contributed by atoms with Crippen molar-refractivity contribution in [3.8, 4) is 5.75 Å². The number of rotatable bonds is 3. The summed E-state index contributed by atoms with van der Waals surface area (Å²) in [6.45, 7) is 0. The maximum atomic E-state index is 11.8. The highest BCUT2D eigenvalue weighted by molar-refractivity contribution is 14.1. The van der Waals surface area contributed by atoms with Gasteiger partial charge in [-0.25, -0.2) is 5.43 Å². The van der Waals surface area contributed by atoms with E-state index in [1.165, 1.54) is 12.4 Å². The lowest BCUT2D eigenvalue weighted by Gasteiger charge is -2.03. The Hall–Kier alpha value is -0.940. The van der Waals surface area contributed by atoms with E-state index in [-0.39, 0.29) is 5.75 Å². The maximum Gasteiger partial charge on any atom is 0.290 e. The monoisotopic (exact) mass is 512 g/mol. The van der Waals surface area contributed by atoms with Gasteiger partial charge >= 0.3 is 0 Å². The average molecular weight is 514 g/mol. The number of carbonyl (C=O) groups is 1. The molecule has 0 bridgehead atoms. The third-order valence-electron chi connectivity index (χ3n) is 2.25. The van der Waals surface area contributed by atoms with Gasteiger partial charge in [0.05, 0.1) is 20.5 Å². The maximum absolute atomic E-state index is 11.8. The molecule has 2 rings (SSSR count). The summed E-state index contributed by atoms with van der Waals surface area (Å²) in [4.78, 5) is 11.8. The van der Waals surface area contributed by atoms with E-state index >= 15 is 0 Å². The first-order valence-electron chi connectivity index (χ1n) is 5.19. The lowest BCUT2D eigenvalue weighted by Crippen LogP contribution is -2.19. The Morgan fingerprint density at radius 1 is 1.50 bits per heavy atom. The number of nitrogens with zero attached hydrogens (tertiary/aromatic N) is 2. The van der Waals surface area contributed by atoms with Crippen LogP contribution in [-0.2, 0) is 0 Å². The molecule has 0 saturated heterocycles. The smallest absolute Gasteiger partial charge is 0.290 e. The van der Waals surface area contributed by atoms with Crippen LogP contribution in [0.5, 0.6) is 5.75 Å². The number of amides is 1. The number of halogens is 3. The zero-order chi connectivity index (χ0) is 14.7. The molecule has 104 valence electrons. The van der Waals surface area contributed by atoms with Gasteiger partial charge in [0.1, 0.15) is 11.4 Å². The molecule has 1 aromatic heterocycles. The second-order valence-corrected chi connectivity index (χ2v) is 6.55. The van der Waals surface area contributed by atoms with Crippen molar-refractivity contribution in [1.82, 2.24) is 15.6 Å². The van der Waals surface area contributed by atoms with Gasteiger partial charge in [-0.3, -0.25) is 9.89 Å². The molecule has 0 aliphatic rings. The first-order chi connectivity index (χ1) is 9.49. The number of H-pyrrole nitrogens is 1. The Kier molecular flexibility index (Phi) is 5.16. The van der Waals surface area contributed by atoms with Gasteiger partial charge < -0.3 is 5.11 Å². The Labute approximate surface area is 144 Å². The summed E-state index contributed by atoms with van der Waals surface area (Å²) in [6, 6.07) is 3.38.